The van der Waals surface area contributed by atoms with Crippen LogP contribution in [0.2, 0.25) is 0 Å². The average molecular weight is 274 g/mol. The first kappa shape index (κ1) is 13.7. The minimum absolute atomic E-state index is 0.000730. The summed E-state index contributed by atoms with van der Waals surface area (Å²) in [6.45, 7) is 1.81. The number of aromatic nitrogens is 3. The Hall–Kier alpha value is -2.70. The van der Waals surface area contributed by atoms with E-state index < -0.39 is 5.97 Å². The van der Waals surface area contributed by atoms with Crippen LogP contribution in [0.5, 0.6) is 0 Å². The Bertz CT molecular complexity index is 636. The number of esters is 1. The zero-order valence-corrected chi connectivity index (χ0v) is 11.2. The topological polar surface area (TPSA) is 86.1 Å². The van der Waals surface area contributed by atoms with Crippen LogP contribution in [0.3, 0.4) is 0 Å². The Kier molecular flexibility index (Phi) is 4.09. The van der Waals surface area contributed by atoms with Gasteiger partial charge < -0.3 is 10.1 Å². The molecule has 2 rings (SSSR count). The molecular formula is C13H14N4O3. The molecular weight excluding hydrogens is 260 g/mol. The van der Waals surface area contributed by atoms with Crippen molar-refractivity contribution in [1.29, 1.82) is 0 Å². The van der Waals surface area contributed by atoms with Crippen molar-refractivity contribution in [2.24, 2.45) is 0 Å². The van der Waals surface area contributed by atoms with Crippen molar-refractivity contribution in [3.63, 3.8) is 0 Å². The van der Waals surface area contributed by atoms with E-state index in [0.29, 0.717) is 11.3 Å². The number of ether oxygens (including phenoxy) is 1. The van der Waals surface area contributed by atoms with Crippen LogP contribution in [0.15, 0.2) is 30.7 Å². The second-order valence-electron chi connectivity index (χ2n) is 4.14. The zero-order chi connectivity index (χ0) is 14.5. The van der Waals surface area contributed by atoms with Crippen molar-refractivity contribution in [1.82, 2.24) is 14.8 Å². The number of aryl methyl sites for hydroxylation is 1. The van der Waals surface area contributed by atoms with Crippen molar-refractivity contribution in [2.45, 2.75) is 13.5 Å². The number of nitrogens with one attached hydrogen (secondary N) is 1. The summed E-state index contributed by atoms with van der Waals surface area (Å²) in [5, 5.41) is 6.65. The predicted molar refractivity (Wildman–Crippen MR) is 71.2 cm³/mol. The number of hydrogen-bond acceptors (Lipinski definition) is 5. The minimum Gasteiger partial charge on any atom is -0.468 e. The van der Waals surface area contributed by atoms with Crippen molar-refractivity contribution in [2.75, 3.05) is 12.4 Å². The first-order chi connectivity index (χ1) is 9.58. The highest BCUT2D eigenvalue weighted by atomic mass is 16.5. The highest BCUT2D eigenvalue weighted by molar-refractivity contribution is 6.04. The molecule has 2 aromatic heterocycles. The predicted octanol–water partition coefficient (Wildman–Crippen LogP) is 1.01. The summed E-state index contributed by atoms with van der Waals surface area (Å²) in [5.74, 6) is -0.663. The summed E-state index contributed by atoms with van der Waals surface area (Å²) in [6.07, 6.45) is 4.60. The number of carbonyl (C=O) groups excluding carboxylic acids is 2. The molecule has 0 spiro atoms. The summed E-state index contributed by atoms with van der Waals surface area (Å²) < 4.78 is 5.92. The Morgan fingerprint density at radius 3 is 2.95 bits per heavy atom. The highest BCUT2D eigenvalue weighted by Gasteiger charge is 2.09. The number of anilines is 1. The first-order valence-electron chi connectivity index (χ1n) is 5.92. The minimum atomic E-state index is -0.407. The summed E-state index contributed by atoms with van der Waals surface area (Å²) in [7, 11) is 1.31. The van der Waals surface area contributed by atoms with Gasteiger partial charge in [0, 0.05) is 23.7 Å². The largest absolute Gasteiger partial charge is 0.468 e. The maximum absolute atomic E-state index is 12.0. The third-order valence-electron chi connectivity index (χ3n) is 2.57. The number of rotatable bonds is 4. The van der Waals surface area contributed by atoms with Crippen LogP contribution in [0.1, 0.15) is 16.1 Å². The monoisotopic (exact) mass is 274 g/mol. The van der Waals surface area contributed by atoms with Gasteiger partial charge in [-0.25, -0.2) is 0 Å². The van der Waals surface area contributed by atoms with Crippen LogP contribution in [0.4, 0.5) is 5.69 Å². The molecule has 2 heterocycles. The van der Waals surface area contributed by atoms with Gasteiger partial charge in [-0.15, -0.1) is 0 Å². The standard InChI is InChI=1S/C13H14N4O3/c1-9-5-10(3-4-14-9)13(19)16-11-6-15-17(7-11)8-12(18)20-2/h3-7H,8H2,1-2H3,(H,16,19). The third-order valence-corrected chi connectivity index (χ3v) is 2.57. The van der Waals surface area contributed by atoms with Crippen LogP contribution in [-0.4, -0.2) is 33.8 Å². The Morgan fingerprint density at radius 2 is 2.25 bits per heavy atom. The molecule has 1 amide bonds. The van der Waals surface area contributed by atoms with E-state index in [-0.39, 0.29) is 12.5 Å². The fourth-order valence-corrected chi connectivity index (χ4v) is 1.60. The van der Waals surface area contributed by atoms with E-state index in [1.807, 2.05) is 6.92 Å². The fraction of sp³-hybridized carbons (Fsp3) is 0.231. The van der Waals surface area contributed by atoms with Gasteiger partial charge in [-0.1, -0.05) is 0 Å². The van der Waals surface area contributed by atoms with Crippen molar-refractivity contribution >= 4 is 17.6 Å². The number of pyridine rings is 1. The smallest absolute Gasteiger partial charge is 0.327 e. The van der Waals surface area contributed by atoms with Gasteiger partial charge in [-0.05, 0) is 19.1 Å². The van der Waals surface area contributed by atoms with Gasteiger partial charge >= 0.3 is 5.97 Å². The highest BCUT2D eigenvalue weighted by Crippen LogP contribution is 2.09. The number of hydrogen-bond donors (Lipinski definition) is 1. The normalized spacial score (nSPS) is 10.1. The van der Waals surface area contributed by atoms with Crippen LogP contribution in [0, 0.1) is 6.92 Å². The van der Waals surface area contributed by atoms with E-state index in [1.54, 1.807) is 24.5 Å². The molecule has 0 atom stereocenters. The molecule has 104 valence electrons. The molecule has 0 saturated heterocycles. The van der Waals surface area contributed by atoms with Crippen LogP contribution >= 0.6 is 0 Å². The Morgan fingerprint density at radius 1 is 1.45 bits per heavy atom. The molecule has 7 nitrogen and oxygen atoms in total. The molecule has 0 aliphatic heterocycles. The zero-order valence-electron chi connectivity index (χ0n) is 11.2. The molecule has 1 N–H and O–H groups in total. The lowest BCUT2D eigenvalue weighted by Crippen LogP contribution is -2.13. The molecule has 0 aromatic carbocycles. The molecule has 20 heavy (non-hydrogen) atoms. The summed E-state index contributed by atoms with van der Waals surface area (Å²) >= 11 is 0. The summed E-state index contributed by atoms with van der Waals surface area (Å²) in [5.41, 5.74) is 1.78. The van der Waals surface area contributed by atoms with E-state index in [9.17, 15) is 9.59 Å². The number of amides is 1. The summed E-state index contributed by atoms with van der Waals surface area (Å²) in [4.78, 5) is 27.1. The Labute approximate surface area is 115 Å². The third kappa shape index (κ3) is 3.41. The van der Waals surface area contributed by atoms with Gasteiger partial charge in [0.05, 0.1) is 19.0 Å². The lowest BCUT2D eigenvalue weighted by molar-refractivity contribution is -0.141. The molecule has 2 aromatic rings. The maximum Gasteiger partial charge on any atom is 0.327 e. The number of carbonyl (C=O) groups is 2. The molecule has 0 bridgehead atoms. The van der Waals surface area contributed by atoms with Gasteiger partial charge in [0.1, 0.15) is 6.54 Å². The fourth-order valence-electron chi connectivity index (χ4n) is 1.60. The number of nitrogens with zero attached hydrogens (tertiary/aromatic N) is 3. The lowest BCUT2D eigenvalue weighted by Gasteiger charge is -2.02. The molecule has 0 saturated carbocycles. The van der Waals surface area contributed by atoms with Gasteiger partial charge in [0.2, 0.25) is 0 Å². The van der Waals surface area contributed by atoms with Crippen LogP contribution in [0.25, 0.3) is 0 Å². The number of methoxy groups -OCH3 is 1. The first-order valence-corrected chi connectivity index (χ1v) is 5.92. The molecule has 0 aliphatic carbocycles. The van der Waals surface area contributed by atoms with E-state index in [1.165, 1.54) is 18.0 Å². The van der Waals surface area contributed by atoms with Gasteiger partial charge in [0.15, 0.2) is 0 Å². The van der Waals surface area contributed by atoms with E-state index >= 15 is 0 Å². The van der Waals surface area contributed by atoms with Crippen molar-refractivity contribution in [3.8, 4) is 0 Å². The molecule has 0 aliphatic rings. The second kappa shape index (κ2) is 5.96. The molecule has 0 unspecified atom stereocenters. The van der Waals surface area contributed by atoms with Crippen molar-refractivity contribution in [3.05, 3.63) is 42.0 Å². The lowest BCUT2D eigenvalue weighted by atomic mass is 10.2. The maximum atomic E-state index is 12.0. The molecule has 0 fully saturated rings. The molecule has 0 radical (unpaired) electrons. The van der Waals surface area contributed by atoms with Crippen molar-refractivity contribution < 1.29 is 14.3 Å². The van der Waals surface area contributed by atoms with Gasteiger partial charge in [0.25, 0.3) is 5.91 Å². The van der Waals surface area contributed by atoms with E-state index in [2.05, 4.69) is 20.1 Å². The van der Waals surface area contributed by atoms with Gasteiger partial charge in [-0.3, -0.25) is 19.3 Å². The Balaban J connectivity index is 2.03. The molecule has 7 heteroatoms. The quantitative estimate of drug-likeness (QED) is 0.841. The van der Waals surface area contributed by atoms with E-state index in [0.717, 1.165) is 5.69 Å². The van der Waals surface area contributed by atoms with Gasteiger partial charge in [-0.2, -0.15) is 5.10 Å². The second-order valence-corrected chi connectivity index (χ2v) is 4.14. The average Bonchev–Trinajstić information content (AvgIpc) is 2.85. The SMILES string of the molecule is COC(=O)Cn1cc(NC(=O)c2ccnc(C)c2)cn1. The summed E-state index contributed by atoms with van der Waals surface area (Å²) in [6, 6.07) is 3.31. The van der Waals surface area contributed by atoms with E-state index in [4.69, 9.17) is 0 Å². The van der Waals surface area contributed by atoms with Crippen LogP contribution < -0.4 is 5.32 Å². The van der Waals surface area contributed by atoms with Crippen LogP contribution in [-0.2, 0) is 16.1 Å².